The minimum atomic E-state index is 0.281. The van der Waals surface area contributed by atoms with Crippen molar-refractivity contribution in [1.29, 1.82) is 0 Å². The van der Waals surface area contributed by atoms with E-state index in [0.717, 1.165) is 56.5 Å². The van der Waals surface area contributed by atoms with Crippen molar-refractivity contribution in [2.24, 2.45) is 11.8 Å². The summed E-state index contributed by atoms with van der Waals surface area (Å²) in [7, 11) is 0. The van der Waals surface area contributed by atoms with Crippen LogP contribution in [-0.2, 0) is 11.2 Å². The second-order valence-corrected chi connectivity index (χ2v) is 8.88. The number of nitrogens with zero attached hydrogens (tertiary/aromatic N) is 3. The summed E-state index contributed by atoms with van der Waals surface area (Å²) in [6, 6.07) is 8.44. The van der Waals surface area contributed by atoms with Gasteiger partial charge in [-0.3, -0.25) is 9.69 Å². The van der Waals surface area contributed by atoms with Crippen LogP contribution in [0.3, 0.4) is 0 Å². The molecule has 2 aliphatic heterocycles. The van der Waals surface area contributed by atoms with Crippen LogP contribution in [0, 0.1) is 11.8 Å². The van der Waals surface area contributed by atoms with Crippen molar-refractivity contribution >= 4 is 28.9 Å². The largest absolute Gasteiger partial charge is 0.346 e. The molecule has 154 valence electrons. The maximum atomic E-state index is 12.7. The summed E-state index contributed by atoms with van der Waals surface area (Å²) in [4.78, 5) is 19.2. The van der Waals surface area contributed by atoms with E-state index in [4.69, 9.17) is 12.2 Å². The highest BCUT2D eigenvalue weighted by atomic mass is 32.1. The highest BCUT2D eigenvalue weighted by Gasteiger charge is 2.27. The minimum Gasteiger partial charge on any atom is -0.346 e. The molecule has 2 fully saturated rings. The van der Waals surface area contributed by atoms with Crippen LogP contribution in [0.2, 0.25) is 0 Å². The number of likely N-dealkylation sites (tertiary alicyclic amines) is 1. The van der Waals surface area contributed by atoms with E-state index in [1.54, 1.807) is 0 Å². The molecule has 6 heteroatoms. The van der Waals surface area contributed by atoms with Crippen LogP contribution < -0.4 is 5.32 Å². The van der Waals surface area contributed by atoms with Crippen molar-refractivity contribution in [2.75, 3.05) is 51.1 Å². The number of carbonyl (C=O) groups is 1. The van der Waals surface area contributed by atoms with Gasteiger partial charge in [0, 0.05) is 45.0 Å². The van der Waals surface area contributed by atoms with E-state index >= 15 is 0 Å². The third kappa shape index (κ3) is 5.67. The molecular formula is C22H34N4OS. The van der Waals surface area contributed by atoms with Gasteiger partial charge in [-0.15, -0.1) is 0 Å². The van der Waals surface area contributed by atoms with E-state index in [1.165, 1.54) is 12.0 Å². The van der Waals surface area contributed by atoms with Crippen molar-refractivity contribution in [1.82, 2.24) is 14.7 Å². The van der Waals surface area contributed by atoms with Gasteiger partial charge >= 0.3 is 0 Å². The van der Waals surface area contributed by atoms with Crippen LogP contribution >= 0.6 is 12.2 Å². The Bertz CT molecular complexity index is 660. The van der Waals surface area contributed by atoms with Crippen molar-refractivity contribution in [3.63, 3.8) is 0 Å². The first-order valence-corrected chi connectivity index (χ1v) is 11.0. The van der Waals surface area contributed by atoms with Crippen molar-refractivity contribution in [2.45, 2.75) is 33.6 Å². The molecule has 1 N–H and O–H groups in total. The van der Waals surface area contributed by atoms with E-state index in [0.29, 0.717) is 18.4 Å². The number of piperazine rings is 1. The lowest BCUT2D eigenvalue weighted by atomic mass is 9.92. The second kappa shape index (κ2) is 9.70. The average Bonchev–Trinajstić information content (AvgIpc) is 2.68. The van der Waals surface area contributed by atoms with E-state index in [-0.39, 0.29) is 5.91 Å². The smallest absolute Gasteiger partial charge is 0.236 e. The topological polar surface area (TPSA) is 38.8 Å². The predicted octanol–water partition coefficient (Wildman–Crippen LogP) is 3.07. The lowest BCUT2D eigenvalue weighted by Gasteiger charge is -2.39. The summed E-state index contributed by atoms with van der Waals surface area (Å²) in [5.74, 6) is 1.50. The highest BCUT2D eigenvalue weighted by molar-refractivity contribution is 7.80. The molecule has 0 unspecified atom stereocenters. The van der Waals surface area contributed by atoms with Crippen LogP contribution in [0.25, 0.3) is 0 Å². The van der Waals surface area contributed by atoms with Crippen LogP contribution in [-0.4, -0.2) is 71.5 Å². The fraction of sp³-hybridized carbons (Fsp3) is 0.636. The van der Waals surface area contributed by atoms with E-state index in [2.05, 4.69) is 65.1 Å². The molecule has 0 saturated carbocycles. The SMILES string of the molecule is CCc1ccc(NC(=S)N2CCN(CC(=O)N3C[C@@H](C)C[C@H](C)C3)CC2)cc1. The third-order valence-corrected chi connectivity index (χ3v) is 6.21. The monoisotopic (exact) mass is 402 g/mol. The molecule has 0 bridgehead atoms. The number of amides is 1. The molecule has 3 rings (SSSR count). The van der Waals surface area contributed by atoms with Crippen LogP contribution in [0.15, 0.2) is 24.3 Å². The van der Waals surface area contributed by atoms with E-state index < -0.39 is 0 Å². The van der Waals surface area contributed by atoms with Crippen LogP contribution in [0.4, 0.5) is 5.69 Å². The van der Waals surface area contributed by atoms with Crippen LogP contribution in [0.5, 0.6) is 0 Å². The predicted molar refractivity (Wildman–Crippen MR) is 120 cm³/mol. The summed E-state index contributed by atoms with van der Waals surface area (Å²) in [5.41, 5.74) is 2.36. The maximum absolute atomic E-state index is 12.7. The fourth-order valence-corrected chi connectivity index (χ4v) is 4.59. The lowest BCUT2D eigenvalue weighted by Crippen LogP contribution is -2.53. The molecule has 1 amide bonds. The average molecular weight is 403 g/mol. The Labute approximate surface area is 175 Å². The molecule has 2 aliphatic rings. The Kier molecular flexibility index (Phi) is 7.30. The van der Waals surface area contributed by atoms with Crippen molar-refractivity contribution in [3.8, 4) is 0 Å². The zero-order valence-corrected chi connectivity index (χ0v) is 18.3. The zero-order chi connectivity index (χ0) is 20.1. The van der Waals surface area contributed by atoms with Gasteiger partial charge < -0.3 is 15.1 Å². The van der Waals surface area contributed by atoms with Gasteiger partial charge in [-0.05, 0) is 54.6 Å². The first-order valence-electron chi connectivity index (χ1n) is 10.6. The fourth-order valence-electron chi connectivity index (χ4n) is 4.29. The summed E-state index contributed by atoms with van der Waals surface area (Å²) in [6.45, 7) is 12.5. The maximum Gasteiger partial charge on any atom is 0.236 e. The van der Waals surface area contributed by atoms with Crippen LogP contribution in [0.1, 0.15) is 32.8 Å². The first-order chi connectivity index (χ1) is 13.4. The number of hydrogen-bond donors (Lipinski definition) is 1. The van der Waals surface area contributed by atoms with Gasteiger partial charge in [-0.1, -0.05) is 32.9 Å². The molecular weight excluding hydrogens is 368 g/mol. The van der Waals surface area contributed by atoms with Gasteiger partial charge in [-0.25, -0.2) is 0 Å². The summed E-state index contributed by atoms with van der Waals surface area (Å²) >= 11 is 5.59. The van der Waals surface area contributed by atoms with Gasteiger partial charge in [0.2, 0.25) is 5.91 Å². The van der Waals surface area contributed by atoms with Gasteiger partial charge in [-0.2, -0.15) is 0 Å². The summed E-state index contributed by atoms with van der Waals surface area (Å²) in [6.07, 6.45) is 2.27. The summed E-state index contributed by atoms with van der Waals surface area (Å²) in [5, 5.41) is 4.12. The number of thiocarbonyl (C=S) groups is 1. The van der Waals surface area contributed by atoms with E-state index in [1.807, 2.05) is 0 Å². The van der Waals surface area contributed by atoms with Crippen molar-refractivity contribution in [3.05, 3.63) is 29.8 Å². The Morgan fingerprint density at radius 2 is 1.64 bits per heavy atom. The minimum absolute atomic E-state index is 0.281. The number of carbonyl (C=O) groups excluding carboxylic acids is 1. The molecule has 1 aromatic rings. The number of nitrogens with one attached hydrogen (secondary N) is 1. The number of aryl methyl sites for hydroxylation is 1. The van der Waals surface area contributed by atoms with Crippen molar-refractivity contribution < 1.29 is 4.79 Å². The highest BCUT2D eigenvalue weighted by Crippen LogP contribution is 2.21. The Morgan fingerprint density at radius 1 is 1.04 bits per heavy atom. The number of benzene rings is 1. The molecule has 28 heavy (non-hydrogen) atoms. The molecule has 0 aromatic heterocycles. The molecule has 5 nitrogen and oxygen atoms in total. The summed E-state index contributed by atoms with van der Waals surface area (Å²) < 4.78 is 0. The Hall–Kier alpha value is -1.66. The molecule has 0 radical (unpaired) electrons. The quantitative estimate of drug-likeness (QED) is 0.784. The molecule has 2 atom stereocenters. The van der Waals surface area contributed by atoms with Gasteiger partial charge in [0.05, 0.1) is 6.54 Å². The van der Waals surface area contributed by atoms with Gasteiger partial charge in [0.25, 0.3) is 0 Å². The van der Waals surface area contributed by atoms with E-state index in [9.17, 15) is 4.79 Å². The standard InChI is InChI=1S/C22H34N4OS/c1-4-19-5-7-20(8-6-19)23-22(28)25-11-9-24(10-12-25)16-21(27)26-14-17(2)13-18(3)15-26/h5-8,17-18H,4,9-16H2,1-3H3,(H,23,28)/t17-,18-/m0/s1. The third-order valence-electron chi connectivity index (χ3n) is 5.85. The molecule has 2 saturated heterocycles. The second-order valence-electron chi connectivity index (χ2n) is 8.49. The zero-order valence-electron chi connectivity index (χ0n) is 17.5. The molecule has 0 spiro atoms. The number of rotatable bonds is 4. The lowest BCUT2D eigenvalue weighted by molar-refractivity contribution is -0.135. The first kappa shape index (κ1) is 21.1. The number of anilines is 1. The number of hydrogen-bond acceptors (Lipinski definition) is 3. The van der Waals surface area contributed by atoms with Gasteiger partial charge in [0.1, 0.15) is 0 Å². The normalized spacial score (nSPS) is 23.5. The Balaban J connectivity index is 1.43. The molecule has 2 heterocycles. The molecule has 1 aromatic carbocycles. The van der Waals surface area contributed by atoms with Gasteiger partial charge in [0.15, 0.2) is 5.11 Å². The Morgan fingerprint density at radius 3 is 2.21 bits per heavy atom. The number of piperidine rings is 1. The molecule has 0 aliphatic carbocycles.